The Balaban J connectivity index is 2.42. The molecule has 1 heterocycles. The number of aryl methyl sites for hydroxylation is 2. The van der Waals surface area contributed by atoms with Crippen molar-refractivity contribution < 1.29 is 5.21 Å². The lowest BCUT2D eigenvalue weighted by molar-refractivity contribution is -0.00126. The number of guanidine groups is 1. The first-order valence-corrected chi connectivity index (χ1v) is 6.16. The van der Waals surface area contributed by atoms with Crippen LogP contribution in [0.25, 0.3) is 0 Å². The summed E-state index contributed by atoms with van der Waals surface area (Å²) in [5.41, 5.74) is 3.44. The van der Waals surface area contributed by atoms with Gasteiger partial charge in [0.2, 0.25) is 5.96 Å². The molecule has 0 saturated carbocycles. The minimum absolute atomic E-state index is 0.556. The Hall–Kier alpha value is -1.55. The minimum atomic E-state index is 0.556. The Morgan fingerprint density at radius 2 is 1.94 bits per heavy atom. The van der Waals surface area contributed by atoms with Gasteiger partial charge in [-0.05, 0) is 24.0 Å². The number of para-hydroxylation sites is 1. The van der Waals surface area contributed by atoms with Gasteiger partial charge in [-0.25, -0.2) is 10.1 Å². The topological polar surface area (TPSA) is 47.9 Å². The maximum atomic E-state index is 9.62. The van der Waals surface area contributed by atoms with E-state index in [0.29, 0.717) is 12.5 Å². The molecule has 0 bridgehead atoms. The normalized spacial score (nSPS) is 17.6. The molecule has 0 aromatic heterocycles. The zero-order valence-electron chi connectivity index (χ0n) is 10.4. The Labute approximate surface area is 102 Å². The van der Waals surface area contributed by atoms with Crippen molar-refractivity contribution in [3.63, 3.8) is 0 Å². The third kappa shape index (κ3) is 2.42. The molecule has 0 atom stereocenters. The van der Waals surface area contributed by atoms with E-state index >= 15 is 0 Å². The van der Waals surface area contributed by atoms with Crippen molar-refractivity contribution >= 4 is 11.6 Å². The van der Waals surface area contributed by atoms with E-state index in [4.69, 9.17) is 0 Å². The smallest absolute Gasteiger partial charge is 0.223 e. The Morgan fingerprint density at radius 3 is 2.41 bits per heavy atom. The molecule has 1 aromatic carbocycles. The molecule has 2 rings (SSSR count). The molecule has 1 saturated heterocycles. The number of nitrogens with one attached hydrogen (secondary N) is 1. The molecule has 17 heavy (non-hydrogen) atoms. The van der Waals surface area contributed by atoms with Crippen molar-refractivity contribution in [1.29, 1.82) is 0 Å². The van der Waals surface area contributed by atoms with Crippen molar-refractivity contribution in [2.75, 3.05) is 13.1 Å². The van der Waals surface area contributed by atoms with E-state index in [9.17, 15) is 5.21 Å². The third-order valence-electron chi connectivity index (χ3n) is 3.03. The number of rotatable bonds is 3. The summed E-state index contributed by atoms with van der Waals surface area (Å²) in [7, 11) is 0. The average molecular weight is 233 g/mol. The highest BCUT2D eigenvalue weighted by atomic mass is 16.5. The molecule has 4 nitrogen and oxygen atoms in total. The molecule has 0 amide bonds. The molecule has 4 heteroatoms. The highest BCUT2D eigenvalue weighted by molar-refractivity contribution is 5.84. The molecule has 2 N–H and O–H groups in total. The number of hydrogen-bond acceptors (Lipinski definition) is 2. The lowest BCUT2D eigenvalue weighted by Gasteiger charge is -2.12. The first-order valence-electron chi connectivity index (χ1n) is 6.16. The van der Waals surface area contributed by atoms with E-state index in [2.05, 4.69) is 42.4 Å². The van der Waals surface area contributed by atoms with Crippen molar-refractivity contribution in [2.24, 2.45) is 4.99 Å². The van der Waals surface area contributed by atoms with Gasteiger partial charge in [0, 0.05) is 6.54 Å². The van der Waals surface area contributed by atoms with Gasteiger partial charge in [-0.15, -0.1) is 0 Å². The fourth-order valence-electron chi connectivity index (χ4n) is 2.03. The Morgan fingerprint density at radius 1 is 1.29 bits per heavy atom. The van der Waals surface area contributed by atoms with Crippen LogP contribution in [0.4, 0.5) is 5.69 Å². The van der Waals surface area contributed by atoms with Gasteiger partial charge >= 0.3 is 0 Å². The van der Waals surface area contributed by atoms with E-state index in [-0.39, 0.29) is 0 Å². The van der Waals surface area contributed by atoms with E-state index < -0.39 is 0 Å². The molecule has 1 aliphatic rings. The molecular weight excluding hydrogens is 214 g/mol. The molecule has 1 aliphatic heterocycles. The number of hydroxylamine groups is 2. The summed E-state index contributed by atoms with van der Waals surface area (Å²) in [4.78, 5) is 4.56. The molecule has 1 aromatic rings. The van der Waals surface area contributed by atoms with Crippen molar-refractivity contribution in [1.82, 2.24) is 10.4 Å². The maximum Gasteiger partial charge on any atom is 0.223 e. The van der Waals surface area contributed by atoms with Crippen LogP contribution < -0.4 is 5.32 Å². The lowest BCUT2D eigenvalue weighted by Crippen LogP contribution is -2.26. The highest BCUT2D eigenvalue weighted by Gasteiger charge is 2.16. The average Bonchev–Trinajstić information content (AvgIpc) is 2.75. The molecule has 0 spiro atoms. The summed E-state index contributed by atoms with van der Waals surface area (Å²) < 4.78 is 0. The van der Waals surface area contributed by atoms with E-state index in [0.717, 1.165) is 25.1 Å². The summed E-state index contributed by atoms with van der Waals surface area (Å²) in [6.07, 6.45) is 1.90. The van der Waals surface area contributed by atoms with Gasteiger partial charge in [0.05, 0.1) is 12.2 Å². The SMILES string of the molecule is CCc1cccc(CC)c1/N=C1\NCCN1O. The van der Waals surface area contributed by atoms with Crippen LogP contribution >= 0.6 is 0 Å². The quantitative estimate of drug-likeness (QED) is 0.840. The van der Waals surface area contributed by atoms with Gasteiger partial charge < -0.3 is 5.32 Å². The second-order valence-electron chi connectivity index (χ2n) is 4.12. The number of hydrogen-bond donors (Lipinski definition) is 2. The molecule has 0 radical (unpaired) electrons. The zero-order chi connectivity index (χ0) is 12.3. The predicted molar refractivity (Wildman–Crippen MR) is 68.8 cm³/mol. The van der Waals surface area contributed by atoms with Crippen LogP contribution in [0.15, 0.2) is 23.2 Å². The summed E-state index contributed by atoms with van der Waals surface area (Å²) in [5.74, 6) is 0.556. The maximum absolute atomic E-state index is 9.62. The molecular formula is C13H19N3O. The number of benzene rings is 1. The van der Waals surface area contributed by atoms with Crippen LogP contribution in [0.2, 0.25) is 0 Å². The van der Waals surface area contributed by atoms with Gasteiger partial charge in [0.1, 0.15) is 0 Å². The van der Waals surface area contributed by atoms with E-state index in [1.807, 2.05) is 0 Å². The summed E-state index contributed by atoms with van der Waals surface area (Å²) in [5, 5.41) is 13.9. The lowest BCUT2D eigenvalue weighted by atomic mass is 10.0. The van der Waals surface area contributed by atoms with Crippen LogP contribution in [0, 0.1) is 0 Å². The Kier molecular flexibility index (Phi) is 3.64. The van der Waals surface area contributed by atoms with E-state index in [1.54, 1.807) is 0 Å². The van der Waals surface area contributed by atoms with E-state index in [1.165, 1.54) is 16.2 Å². The number of aliphatic imine (C=N–C) groups is 1. The van der Waals surface area contributed by atoms with Gasteiger partial charge in [-0.3, -0.25) is 5.21 Å². The van der Waals surface area contributed by atoms with Gasteiger partial charge in [0.15, 0.2) is 0 Å². The van der Waals surface area contributed by atoms with Gasteiger partial charge in [-0.2, -0.15) is 0 Å². The molecule has 1 fully saturated rings. The predicted octanol–water partition coefficient (Wildman–Crippen LogP) is 2.09. The highest BCUT2D eigenvalue weighted by Crippen LogP contribution is 2.26. The van der Waals surface area contributed by atoms with Crippen molar-refractivity contribution in [2.45, 2.75) is 26.7 Å². The fraction of sp³-hybridized carbons (Fsp3) is 0.462. The molecule has 0 unspecified atom stereocenters. The molecule has 0 aliphatic carbocycles. The summed E-state index contributed by atoms with van der Waals surface area (Å²) in [6.45, 7) is 5.58. The first-order chi connectivity index (χ1) is 8.26. The standard InChI is InChI=1S/C13H19N3O/c1-3-10-6-5-7-11(4-2)12(10)15-13-14-8-9-16(13)17/h5-7,17H,3-4,8-9H2,1-2H3,(H,14,15). The summed E-state index contributed by atoms with van der Waals surface area (Å²) in [6, 6.07) is 6.25. The largest absolute Gasteiger partial charge is 0.352 e. The molecule has 92 valence electrons. The number of nitrogens with zero attached hydrogens (tertiary/aromatic N) is 2. The van der Waals surface area contributed by atoms with Crippen LogP contribution in [0.3, 0.4) is 0 Å². The van der Waals surface area contributed by atoms with Crippen LogP contribution in [0.5, 0.6) is 0 Å². The third-order valence-corrected chi connectivity index (χ3v) is 3.03. The van der Waals surface area contributed by atoms with Crippen LogP contribution in [-0.4, -0.2) is 29.3 Å². The monoisotopic (exact) mass is 233 g/mol. The van der Waals surface area contributed by atoms with Crippen LogP contribution in [-0.2, 0) is 12.8 Å². The second-order valence-corrected chi connectivity index (χ2v) is 4.12. The van der Waals surface area contributed by atoms with Crippen molar-refractivity contribution in [3.8, 4) is 0 Å². The van der Waals surface area contributed by atoms with Gasteiger partial charge in [-0.1, -0.05) is 32.0 Å². The Bertz CT molecular complexity index is 406. The summed E-state index contributed by atoms with van der Waals surface area (Å²) >= 11 is 0. The van der Waals surface area contributed by atoms with Gasteiger partial charge in [0.25, 0.3) is 0 Å². The second kappa shape index (κ2) is 5.19. The zero-order valence-corrected chi connectivity index (χ0v) is 10.4. The van der Waals surface area contributed by atoms with Crippen LogP contribution in [0.1, 0.15) is 25.0 Å². The fourth-order valence-corrected chi connectivity index (χ4v) is 2.03. The first kappa shape index (κ1) is 11.9. The van der Waals surface area contributed by atoms with Crippen molar-refractivity contribution in [3.05, 3.63) is 29.3 Å². The minimum Gasteiger partial charge on any atom is -0.352 e.